The van der Waals surface area contributed by atoms with Crippen LogP contribution in [0.3, 0.4) is 0 Å². The fraction of sp³-hybridized carbons (Fsp3) is 0.826. The third kappa shape index (κ3) is 2.60. The maximum absolute atomic E-state index is 11.9. The number of ketones is 1. The molecule has 0 heterocycles. The lowest BCUT2D eigenvalue weighted by Crippen LogP contribution is -2.53. The standard InChI is InChI=1S/C23H34O3/c1-14(26-15(2)24)19-7-8-20-18-6-5-16-13-17(25)9-11-22(16,3)21(18)10-12-23(19,20)4/h9,11,14,16,18-21H,5-8,10,12-13H2,1-4H3. The third-order valence-corrected chi connectivity index (χ3v) is 9.03. The quantitative estimate of drug-likeness (QED) is 0.657. The highest BCUT2D eigenvalue weighted by Gasteiger charge is 2.60. The molecule has 0 aliphatic heterocycles. The van der Waals surface area contributed by atoms with E-state index >= 15 is 0 Å². The van der Waals surface area contributed by atoms with Gasteiger partial charge in [-0.25, -0.2) is 0 Å². The van der Waals surface area contributed by atoms with Crippen LogP contribution in [0, 0.1) is 40.4 Å². The first-order valence-electron chi connectivity index (χ1n) is 10.6. The summed E-state index contributed by atoms with van der Waals surface area (Å²) in [7, 11) is 0. The van der Waals surface area contributed by atoms with Gasteiger partial charge in [0.2, 0.25) is 0 Å². The van der Waals surface area contributed by atoms with Gasteiger partial charge < -0.3 is 4.74 Å². The molecule has 4 aliphatic carbocycles. The van der Waals surface area contributed by atoms with Gasteiger partial charge in [-0.1, -0.05) is 19.9 Å². The van der Waals surface area contributed by atoms with Crippen LogP contribution in [0.2, 0.25) is 0 Å². The van der Waals surface area contributed by atoms with Crippen molar-refractivity contribution in [2.24, 2.45) is 40.4 Å². The molecule has 0 radical (unpaired) electrons. The second kappa shape index (κ2) is 6.21. The summed E-state index contributed by atoms with van der Waals surface area (Å²) in [6, 6.07) is 0. The Morgan fingerprint density at radius 1 is 1.15 bits per heavy atom. The van der Waals surface area contributed by atoms with Crippen molar-refractivity contribution in [3.05, 3.63) is 12.2 Å². The normalized spacial score (nSPS) is 48.3. The predicted octanol–water partition coefficient (Wildman–Crippen LogP) is 4.94. The first-order chi connectivity index (χ1) is 12.3. The number of hydrogen-bond donors (Lipinski definition) is 0. The van der Waals surface area contributed by atoms with Crippen molar-refractivity contribution in [2.45, 2.75) is 78.7 Å². The van der Waals surface area contributed by atoms with Crippen molar-refractivity contribution in [1.82, 2.24) is 0 Å². The minimum absolute atomic E-state index is 0.0261. The van der Waals surface area contributed by atoms with Crippen molar-refractivity contribution >= 4 is 11.8 Å². The Labute approximate surface area is 157 Å². The number of carbonyl (C=O) groups excluding carboxylic acids is 2. The van der Waals surface area contributed by atoms with Crippen LogP contribution in [0.1, 0.15) is 72.6 Å². The van der Waals surface area contributed by atoms with Gasteiger partial charge in [0.05, 0.1) is 0 Å². The molecule has 8 atom stereocenters. The van der Waals surface area contributed by atoms with E-state index < -0.39 is 0 Å². The topological polar surface area (TPSA) is 43.4 Å². The van der Waals surface area contributed by atoms with E-state index in [-0.39, 0.29) is 17.5 Å². The summed E-state index contributed by atoms with van der Waals surface area (Å²) in [5.41, 5.74) is 0.505. The van der Waals surface area contributed by atoms with E-state index in [1.165, 1.54) is 45.4 Å². The minimum Gasteiger partial charge on any atom is -0.463 e. The van der Waals surface area contributed by atoms with Gasteiger partial charge in [-0.05, 0) is 86.0 Å². The Balaban J connectivity index is 1.59. The summed E-state index contributed by atoms with van der Waals surface area (Å²) in [5, 5.41) is 0. The maximum atomic E-state index is 11.9. The van der Waals surface area contributed by atoms with Crippen LogP contribution in [-0.2, 0) is 14.3 Å². The van der Waals surface area contributed by atoms with Gasteiger partial charge >= 0.3 is 5.97 Å². The molecule has 3 fully saturated rings. The molecule has 4 aliphatic rings. The van der Waals surface area contributed by atoms with Gasteiger partial charge in [0.15, 0.2) is 5.78 Å². The molecule has 8 unspecified atom stereocenters. The maximum Gasteiger partial charge on any atom is 0.302 e. The van der Waals surface area contributed by atoms with E-state index in [1.807, 2.05) is 6.08 Å². The average molecular weight is 359 g/mol. The van der Waals surface area contributed by atoms with Crippen molar-refractivity contribution < 1.29 is 14.3 Å². The molecule has 0 spiro atoms. The Bertz CT molecular complexity index is 637. The number of carbonyl (C=O) groups is 2. The van der Waals surface area contributed by atoms with Crippen LogP contribution in [0.15, 0.2) is 12.2 Å². The summed E-state index contributed by atoms with van der Waals surface area (Å²) in [4.78, 5) is 23.4. The average Bonchev–Trinajstić information content (AvgIpc) is 2.92. The first-order valence-corrected chi connectivity index (χ1v) is 10.6. The number of ether oxygens (including phenoxy) is 1. The zero-order chi connectivity index (χ0) is 18.7. The van der Waals surface area contributed by atoms with Crippen LogP contribution in [0.4, 0.5) is 0 Å². The molecule has 3 saturated carbocycles. The molecule has 0 bridgehead atoms. The van der Waals surface area contributed by atoms with Crippen LogP contribution >= 0.6 is 0 Å². The monoisotopic (exact) mass is 358 g/mol. The molecule has 3 nitrogen and oxygen atoms in total. The van der Waals surface area contributed by atoms with Crippen molar-refractivity contribution in [1.29, 1.82) is 0 Å². The fourth-order valence-electron chi connectivity index (χ4n) is 7.79. The molecule has 0 aromatic rings. The summed E-state index contributed by atoms with van der Waals surface area (Å²) >= 11 is 0. The largest absolute Gasteiger partial charge is 0.463 e. The molecule has 144 valence electrons. The van der Waals surface area contributed by atoms with E-state index in [1.54, 1.807) is 0 Å². The highest BCUT2D eigenvalue weighted by Crippen LogP contribution is 2.67. The molecule has 26 heavy (non-hydrogen) atoms. The highest BCUT2D eigenvalue weighted by atomic mass is 16.5. The smallest absolute Gasteiger partial charge is 0.302 e. The van der Waals surface area contributed by atoms with E-state index in [9.17, 15) is 9.59 Å². The SMILES string of the molecule is CC(=O)OC(C)C1CCC2C3CCC4CC(=O)C=CC4(C)C3CCC12C. The molecule has 0 N–H and O–H groups in total. The molecule has 0 saturated heterocycles. The highest BCUT2D eigenvalue weighted by molar-refractivity contribution is 5.91. The van der Waals surface area contributed by atoms with E-state index in [4.69, 9.17) is 4.74 Å². The van der Waals surface area contributed by atoms with Crippen LogP contribution in [-0.4, -0.2) is 17.9 Å². The van der Waals surface area contributed by atoms with Gasteiger partial charge in [-0.2, -0.15) is 0 Å². The summed E-state index contributed by atoms with van der Waals surface area (Å²) in [5.74, 6) is 3.43. The lowest BCUT2D eigenvalue weighted by Gasteiger charge is -2.59. The lowest BCUT2D eigenvalue weighted by atomic mass is 9.46. The first kappa shape index (κ1) is 18.3. The number of hydrogen-bond acceptors (Lipinski definition) is 3. The molecular weight excluding hydrogens is 324 g/mol. The van der Waals surface area contributed by atoms with E-state index in [2.05, 4.69) is 26.8 Å². The molecular formula is C23H34O3. The molecule has 3 heteroatoms. The predicted molar refractivity (Wildman–Crippen MR) is 101 cm³/mol. The van der Waals surface area contributed by atoms with Gasteiger partial charge in [-0.15, -0.1) is 0 Å². The van der Waals surface area contributed by atoms with Gasteiger partial charge in [0.25, 0.3) is 0 Å². The molecule has 0 aromatic heterocycles. The van der Waals surface area contributed by atoms with Crippen molar-refractivity contribution in [3.63, 3.8) is 0 Å². The van der Waals surface area contributed by atoms with Crippen molar-refractivity contribution in [2.75, 3.05) is 0 Å². The van der Waals surface area contributed by atoms with Crippen LogP contribution in [0.25, 0.3) is 0 Å². The molecule has 0 amide bonds. The van der Waals surface area contributed by atoms with Gasteiger partial charge in [0, 0.05) is 19.3 Å². The summed E-state index contributed by atoms with van der Waals surface area (Å²) < 4.78 is 5.61. The summed E-state index contributed by atoms with van der Waals surface area (Å²) in [6.45, 7) is 8.52. The summed E-state index contributed by atoms with van der Waals surface area (Å²) in [6.07, 6.45) is 12.4. The van der Waals surface area contributed by atoms with Crippen molar-refractivity contribution in [3.8, 4) is 0 Å². The molecule has 4 rings (SSSR count). The molecule has 0 aromatic carbocycles. The second-order valence-corrected chi connectivity index (χ2v) is 10.1. The Hall–Kier alpha value is -1.12. The minimum atomic E-state index is -0.150. The third-order valence-electron chi connectivity index (χ3n) is 9.03. The Kier molecular flexibility index (Phi) is 4.36. The Morgan fingerprint density at radius 2 is 1.92 bits per heavy atom. The second-order valence-electron chi connectivity index (χ2n) is 10.1. The fourth-order valence-corrected chi connectivity index (χ4v) is 7.79. The van der Waals surface area contributed by atoms with Crippen LogP contribution in [0.5, 0.6) is 0 Å². The van der Waals surface area contributed by atoms with Gasteiger partial charge in [-0.3, -0.25) is 9.59 Å². The number of fused-ring (bicyclic) bond motifs is 5. The zero-order valence-corrected chi connectivity index (χ0v) is 16.8. The number of allylic oxidation sites excluding steroid dienone is 2. The number of esters is 1. The zero-order valence-electron chi connectivity index (χ0n) is 16.8. The van der Waals surface area contributed by atoms with E-state index in [0.29, 0.717) is 29.0 Å². The number of rotatable bonds is 2. The van der Waals surface area contributed by atoms with Gasteiger partial charge in [0.1, 0.15) is 6.10 Å². The van der Waals surface area contributed by atoms with Crippen LogP contribution < -0.4 is 0 Å². The van der Waals surface area contributed by atoms with E-state index in [0.717, 1.165) is 18.3 Å². The Morgan fingerprint density at radius 3 is 2.65 bits per heavy atom. The lowest BCUT2D eigenvalue weighted by molar-refractivity contribution is -0.153.